The van der Waals surface area contributed by atoms with E-state index in [0.717, 1.165) is 48.3 Å². The number of aromatic amines is 2. The van der Waals surface area contributed by atoms with Gasteiger partial charge in [0, 0.05) is 35.4 Å². The minimum absolute atomic E-state index is 0.0579. The lowest BCUT2D eigenvalue weighted by atomic mass is 10.0. The predicted octanol–water partition coefficient (Wildman–Crippen LogP) is 3.96. The summed E-state index contributed by atoms with van der Waals surface area (Å²) in [5, 5.41) is 7.86. The number of H-pyrrole nitrogens is 2. The van der Waals surface area contributed by atoms with E-state index in [4.69, 9.17) is 11.6 Å². The van der Waals surface area contributed by atoms with Crippen molar-refractivity contribution in [3.05, 3.63) is 53.4 Å². The first-order valence-electron chi connectivity index (χ1n) is 8.00. The molecule has 0 saturated carbocycles. The van der Waals surface area contributed by atoms with Gasteiger partial charge >= 0.3 is 0 Å². The van der Waals surface area contributed by atoms with Crippen molar-refractivity contribution in [1.82, 2.24) is 20.1 Å². The lowest BCUT2D eigenvalue weighted by Gasteiger charge is -2.13. The van der Waals surface area contributed by atoms with E-state index in [0.29, 0.717) is 10.7 Å². The van der Waals surface area contributed by atoms with Crippen LogP contribution >= 0.6 is 11.6 Å². The maximum absolute atomic E-state index is 12.5. The summed E-state index contributed by atoms with van der Waals surface area (Å²) in [6.07, 6.45) is 5.78. The molecule has 0 aliphatic carbocycles. The van der Waals surface area contributed by atoms with Crippen LogP contribution in [0.1, 0.15) is 23.3 Å². The summed E-state index contributed by atoms with van der Waals surface area (Å²) >= 11 is 6.09. The van der Waals surface area contributed by atoms with Gasteiger partial charge in [0.15, 0.2) is 0 Å². The van der Waals surface area contributed by atoms with Crippen LogP contribution in [0.15, 0.2) is 42.7 Å². The molecule has 4 rings (SSSR count). The normalized spacial score (nSPS) is 14.3. The van der Waals surface area contributed by atoms with Gasteiger partial charge in [0.25, 0.3) is 5.91 Å². The van der Waals surface area contributed by atoms with Gasteiger partial charge in [-0.1, -0.05) is 23.7 Å². The van der Waals surface area contributed by atoms with E-state index in [1.165, 1.54) is 0 Å². The molecule has 0 radical (unpaired) electrons. The molecule has 1 aliphatic rings. The molecule has 0 bridgehead atoms. The molecule has 2 aromatic heterocycles. The van der Waals surface area contributed by atoms with E-state index in [-0.39, 0.29) is 5.91 Å². The van der Waals surface area contributed by atoms with Crippen LogP contribution in [0.3, 0.4) is 0 Å². The van der Waals surface area contributed by atoms with Crippen molar-refractivity contribution >= 4 is 17.5 Å². The van der Waals surface area contributed by atoms with Crippen LogP contribution < -0.4 is 0 Å². The third kappa shape index (κ3) is 2.71. The smallest absolute Gasteiger partial charge is 0.270 e. The fourth-order valence-electron chi connectivity index (χ4n) is 3.13. The fraction of sp³-hybridized carbons (Fsp3) is 0.222. The third-order valence-electron chi connectivity index (χ3n) is 4.37. The van der Waals surface area contributed by atoms with Crippen molar-refractivity contribution in [2.24, 2.45) is 0 Å². The van der Waals surface area contributed by atoms with Gasteiger partial charge in [-0.15, -0.1) is 0 Å². The lowest BCUT2D eigenvalue weighted by molar-refractivity contribution is 0.0788. The molecule has 1 aliphatic heterocycles. The van der Waals surface area contributed by atoms with Crippen molar-refractivity contribution in [2.45, 2.75) is 12.8 Å². The Hall–Kier alpha value is -2.53. The summed E-state index contributed by atoms with van der Waals surface area (Å²) < 4.78 is 0. The van der Waals surface area contributed by atoms with Gasteiger partial charge in [0.1, 0.15) is 5.69 Å². The first-order valence-corrected chi connectivity index (χ1v) is 8.37. The molecular formula is C18H17ClN4O. The molecule has 24 heavy (non-hydrogen) atoms. The number of nitrogens with one attached hydrogen (secondary N) is 2. The molecule has 3 heterocycles. The molecule has 0 atom stereocenters. The molecule has 2 N–H and O–H groups in total. The minimum Gasteiger partial charge on any atom is -0.357 e. The molecule has 122 valence electrons. The lowest BCUT2D eigenvalue weighted by Crippen LogP contribution is -2.27. The Labute approximate surface area is 144 Å². The zero-order valence-electron chi connectivity index (χ0n) is 13.1. The van der Waals surface area contributed by atoms with Crippen LogP contribution in [0.5, 0.6) is 0 Å². The number of hydrogen-bond donors (Lipinski definition) is 2. The molecule has 1 saturated heterocycles. The molecule has 1 aromatic carbocycles. The zero-order valence-corrected chi connectivity index (χ0v) is 13.8. The van der Waals surface area contributed by atoms with Crippen molar-refractivity contribution in [2.75, 3.05) is 13.1 Å². The predicted molar refractivity (Wildman–Crippen MR) is 94.0 cm³/mol. The van der Waals surface area contributed by atoms with E-state index in [2.05, 4.69) is 15.2 Å². The summed E-state index contributed by atoms with van der Waals surface area (Å²) in [5.74, 6) is 0.0579. The molecule has 6 heteroatoms. The molecule has 5 nitrogen and oxygen atoms in total. The SMILES string of the molecule is O=C(c1cc(-c2[nH]ncc2-c2cccc(Cl)c2)c[nH]1)N1CCCC1. The number of amides is 1. The standard InChI is InChI=1S/C18H17ClN4O/c19-14-5-3-4-12(8-14)15-11-21-22-17(15)13-9-16(20-10-13)18(24)23-6-1-2-7-23/h3-5,8-11,20H,1-2,6-7H2,(H,21,22). The number of rotatable bonds is 3. The Bertz CT molecular complexity index is 877. The second-order valence-electron chi connectivity index (χ2n) is 5.97. The van der Waals surface area contributed by atoms with E-state index in [1.807, 2.05) is 41.4 Å². The zero-order chi connectivity index (χ0) is 16.5. The van der Waals surface area contributed by atoms with Gasteiger partial charge in [-0.05, 0) is 36.6 Å². The average Bonchev–Trinajstić information content (AvgIpc) is 3.33. The van der Waals surface area contributed by atoms with Gasteiger partial charge in [-0.2, -0.15) is 5.10 Å². The number of halogens is 1. The second kappa shape index (κ2) is 6.17. The van der Waals surface area contributed by atoms with Crippen LogP contribution in [0.25, 0.3) is 22.4 Å². The molecular weight excluding hydrogens is 324 g/mol. The minimum atomic E-state index is 0.0579. The van der Waals surface area contributed by atoms with Crippen LogP contribution in [-0.2, 0) is 0 Å². The number of carbonyl (C=O) groups is 1. The third-order valence-corrected chi connectivity index (χ3v) is 4.61. The van der Waals surface area contributed by atoms with Crippen molar-refractivity contribution in [3.63, 3.8) is 0 Å². The Morgan fingerprint density at radius 3 is 2.79 bits per heavy atom. The van der Waals surface area contributed by atoms with Crippen LogP contribution in [0, 0.1) is 0 Å². The highest BCUT2D eigenvalue weighted by Gasteiger charge is 2.21. The highest BCUT2D eigenvalue weighted by atomic mass is 35.5. The topological polar surface area (TPSA) is 64.8 Å². The number of aromatic nitrogens is 3. The quantitative estimate of drug-likeness (QED) is 0.758. The summed E-state index contributed by atoms with van der Waals surface area (Å²) in [6.45, 7) is 1.68. The summed E-state index contributed by atoms with van der Waals surface area (Å²) in [6, 6.07) is 9.52. The number of hydrogen-bond acceptors (Lipinski definition) is 2. The highest BCUT2D eigenvalue weighted by molar-refractivity contribution is 6.30. The van der Waals surface area contributed by atoms with Crippen LogP contribution in [0.4, 0.5) is 0 Å². The van der Waals surface area contributed by atoms with Gasteiger partial charge in [0.2, 0.25) is 0 Å². The largest absolute Gasteiger partial charge is 0.357 e. The molecule has 0 unspecified atom stereocenters. The number of benzene rings is 1. The Kier molecular flexibility index (Phi) is 3.86. The molecule has 1 fully saturated rings. The first-order chi connectivity index (χ1) is 11.7. The van der Waals surface area contributed by atoms with Gasteiger partial charge < -0.3 is 9.88 Å². The van der Waals surface area contributed by atoms with Gasteiger partial charge in [0.05, 0.1) is 11.9 Å². The maximum Gasteiger partial charge on any atom is 0.270 e. The monoisotopic (exact) mass is 340 g/mol. The summed E-state index contributed by atoms with van der Waals surface area (Å²) in [7, 11) is 0. The average molecular weight is 341 g/mol. The van der Waals surface area contributed by atoms with E-state index in [1.54, 1.807) is 6.20 Å². The molecule has 1 amide bonds. The highest BCUT2D eigenvalue weighted by Crippen LogP contribution is 2.32. The van der Waals surface area contributed by atoms with Crippen LogP contribution in [-0.4, -0.2) is 39.1 Å². The van der Waals surface area contributed by atoms with Crippen molar-refractivity contribution < 1.29 is 4.79 Å². The van der Waals surface area contributed by atoms with Gasteiger partial charge in [-0.3, -0.25) is 9.89 Å². The van der Waals surface area contributed by atoms with E-state index >= 15 is 0 Å². The Morgan fingerprint density at radius 1 is 1.17 bits per heavy atom. The fourth-order valence-corrected chi connectivity index (χ4v) is 3.32. The van der Waals surface area contributed by atoms with E-state index < -0.39 is 0 Å². The molecule has 3 aromatic rings. The van der Waals surface area contributed by atoms with E-state index in [9.17, 15) is 4.79 Å². The molecule has 0 spiro atoms. The van der Waals surface area contributed by atoms with Gasteiger partial charge in [-0.25, -0.2) is 0 Å². The number of likely N-dealkylation sites (tertiary alicyclic amines) is 1. The summed E-state index contributed by atoms with van der Waals surface area (Å²) in [4.78, 5) is 17.5. The summed E-state index contributed by atoms with van der Waals surface area (Å²) in [5.41, 5.74) is 4.33. The Morgan fingerprint density at radius 2 is 2.00 bits per heavy atom. The van der Waals surface area contributed by atoms with Crippen LogP contribution in [0.2, 0.25) is 5.02 Å². The first kappa shape index (κ1) is 15.0. The second-order valence-corrected chi connectivity index (χ2v) is 6.41. The van der Waals surface area contributed by atoms with Crippen molar-refractivity contribution in [1.29, 1.82) is 0 Å². The maximum atomic E-state index is 12.5. The van der Waals surface area contributed by atoms with Crippen molar-refractivity contribution in [3.8, 4) is 22.4 Å². The number of carbonyl (C=O) groups excluding carboxylic acids is 1. The Balaban J connectivity index is 1.66. The number of nitrogens with zero attached hydrogens (tertiary/aromatic N) is 2.